The van der Waals surface area contributed by atoms with Crippen LogP contribution in [0.1, 0.15) is 37.3 Å². The van der Waals surface area contributed by atoms with Crippen molar-refractivity contribution in [3.05, 3.63) is 18.0 Å². The average molecular weight is 254 g/mol. The van der Waals surface area contributed by atoms with Crippen LogP contribution in [0.25, 0.3) is 0 Å². The molecule has 1 aliphatic rings. The van der Waals surface area contributed by atoms with Gasteiger partial charge in [0.25, 0.3) is 0 Å². The van der Waals surface area contributed by atoms with E-state index in [0.717, 1.165) is 25.0 Å². The Morgan fingerprint density at radius 3 is 3.00 bits per heavy atom. The highest BCUT2D eigenvalue weighted by molar-refractivity contribution is 5.10. The van der Waals surface area contributed by atoms with Gasteiger partial charge >= 0.3 is 0 Å². The summed E-state index contributed by atoms with van der Waals surface area (Å²) in [5, 5.41) is 14.3. The number of hydrogen-bond donors (Lipinski definition) is 1. The molecule has 1 unspecified atom stereocenters. The highest BCUT2D eigenvalue weighted by Gasteiger charge is 2.27. The van der Waals surface area contributed by atoms with Gasteiger partial charge in [0, 0.05) is 24.9 Å². The minimum atomic E-state index is -0.242. The Morgan fingerprint density at radius 2 is 2.22 bits per heavy atom. The van der Waals surface area contributed by atoms with Gasteiger partial charge in [-0.2, -0.15) is 5.10 Å². The number of hydrogen-bond acceptors (Lipinski definition) is 4. The molecule has 102 valence electrons. The molecular weight excluding hydrogens is 232 g/mol. The van der Waals surface area contributed by atoms with Gasteiger partial charge in [0.05, 0.1) is 19.3 Å². The Bertz CT molecular complexity index is 354. The molecule has 1 aromatic heterocycles. The van der Waals surface area contributed by atoms with Gasteiger partial charge in [0.2, 0.25) is 0 Å². The second kappa shape index (κ2) is 6.87. The van der Waals surface area contributed by atoms with Crippen molar-refractivity contribution in [3.63, 3.8) is 0 Å². The Hall–Kier alpha value is -0.910. The third kappa shape index (κ3) is 3.31. The largest absolute Gasteiger partial charge is 0.392 e. The highest BCUT2D eigenvalue weighted by Crippen LogP contribution is 2.32. The number of aliphatic hydroxyl groups excluding tert-OH is 1. The lowest BCUT2D eigenvalue weighted by Gasteiger charge is -2.28. The second-order valence-corrected chi connectivity index (χ2v) is 4.74. The third-order valence-corrected chi connectivity index (χ3v) is 3.50. The first-order chi connectivity index (χ1) is 8.83. The predicted molar refractivity (Wildman–Crippen MR) is 67.3 cm³/mol. The van der Waals surface area contributed by atoms with E-state index in [1.807, 2.05) is 10.7 Å². The van der Waals surface area contributed by atoms with E-state index in [1.54, 1.807) is 13.3 Å². The van der Waals surface area contributed by atoms with Crippen LogP contribution < -0.4 is 0 Å². The molecule has 0 amide bonds. The van der Waals surface area contributed by atoms with Crippen molar-refractivity contribution in [3.8, 4) is 0 Å². The number of aromatic nitrogens is 2. The van der Waals surface area contributed by atoms with E-state index in [-0.39, 0.29) is 12.0 Å². The maximum atomic E-state index is 10.1. The summed E-state index contributed by atoms with van der Waals surface area (Å²) in [5.41, 5.74) is 1.08. The molecule has 1 heterocycles. The number of nitrogens with zero attached hydrogens (tertiary/aromatic N) is 2. The van der Waals surface area contributed by atoms with Crippen LogP contribution in [-0.4, -0.2) is 41.3 Å². The number of rotatable bonds is 6. The minimum absolute atomic E-state index is 0.201. The zero-order valence-electron chi connectivity index (χ0n) is 10.9. The van der Waals surface area contributed by atoms with Crippen LogP contribution >= 0.6 is 0 Å². The van der Waals surface area contributed by atoms with Crippen molar-refractivity contribution in [1.82, 2.24) is 9.78 Å². The average Bonchev–Trinajstić information content (AvgIpc) is 2.83. The standard InChI is InChI=1S/C13H22N2O3/c1-17-8-9-18-10-15-12(6-7-14-15)11-4-2-3-5-13(11)16/h6-7,11,13,16H,2-5,8-10H2,1H3/t11-,13?/m1/s1. The summed E-state index contributed by atoms with van der Waals surface area (Å²) in [6, 6.07) is 1.99. The fourth-order valence-corrected chi connectivity index (χ4v) is 2.52. The first-order valence-electron chi connectivity index (χ1n) is 6.59. The molecule has 0 bridgehead atoms. The van der Waals surface area contributed by atoms with Crippen LogP contribution in [0.3, 0.4) is 0 Å². The molecule has 0 saturated heterocycles. The van der Waals surface area contributed by atoms with E-state index in [1.165, 1.54) is 6.42 Å². The van der Waals surface area contributed by atoms with Gasteiger partial charge in [-0.1, -0.05) is 12.8 Å². The van der Waals surface area contributed by atoms with E-state index in [2.05, 4.69) is 5.10 Å². The Kier molecular flexibility index (Phi) is 5.16. The zero-order valence-corrected chi connectivity index (χ0v) is 10.9. The molecule has 18 heavy (non-hydrogen) atoms. The van der Waals surface area contributed by atoms with E-state index >= 15 is 0 Å². The van der Waals surface area contributed by atoms with E-state index in [0.29, 0.717) is 19.9 Å². The molecule has 1 aromatic rings. The Labute approximate surface area is 108 Å². The molecule has 1 aliphatic carbocycles. The molecule has 0 spiro atoms. The molecule has 0 radical (unpaired) electrons. The summed E-state index contributed by atoms with van der Waals surface area (Å²) < 4.78 is 12.3. The van der Waals surface area contributed by atoms with Crippen molar-refractivity contribution in [2.24, 2.45) is 0 Å². The quantitative estimate of drug-likeness (QED) is 0.782. The zero-order chi connectivity index (χ0) is 12.8. The molecular formula is C13H22N2O3. The van der Waals surface area contributed by atoms with Crippen LogP contribution in [0.2, 0.25) is 0 Å². The number of ether oxygens (including phenoxy) is 2. The normalized spacial score (nSPS) is 24.3. The van der Waals surface area contributed by atoms with Gasteiger partial charge in [-0.25, -0.2) is 4.68 Å². The fourth-order valence-electron chi connectivity index (χ4n) is 2.52. The minimum Gasteiger partial charge on any atom is -0.392 e. The SMILES string of the molecule is COCCOCn1nccc1[C@H]1CCCCC1O. The van der Waals surface area contributed by atoms with Gasteiger partial charge < -0.3 is 14.6 Å². The molecule has 0 aliphatic heterocycles. The molecule has 1 saturated carbocycles. The second-order valence-electron chi connectivity index (χ2n) is 4.74. The smallest absolute Gasteiger partial charge is 0.139 e. The van der Waals surface area contributed by atoms with Gasteiger partial charge in [0.1, 0.15) is 6.73 Å². The summed E-state index contributed by atoms with van der Waals surface area (Å²) in [5.74, 6) is 0.201. The lowest BCUT2D eigenvalue weighted by Crippen LogP contribution is -2.25. The van der Waals surface area contributed by atoms with Crippen molar-refractivity contribution in [2.75, 3.05) is 20.3 Å². The topological polar surface area (TPSA) is 56.5 Å². The van der Waals surface area contributed by atoms with Crippen molar-refractivity contribution in [2.45, 2.75) is 44.4 Å². The van der Waals surface area contributed by atoms with Gasteiger partial charge in [-0.15, -0.1) is 0 Å². The first-order valence-corrected chi connectivity index (χ1v) is 6.59. The van der Waals surface area contributed by atoms with Crippen molar-refractivity contribution >= 4 is 0 Å². The lowest BCUT2D eigenvalue weighted by atomic mass is 9.84. The molecule has 5 nitrogen and oxygen atoms in total. The molecule has 1 fully saturated rings. The number of methoxy groups -OCH3 is 1. The maximum absolute atomic E-state index is 10.1. The summed E-state index contributed by atoms with van der Waals surface area (Å²) in [4.78, 5) is 0. The van der Waals surface area contributed by atoms with E-state index in [4.69, 9.17) is 9.47 Å². The lowest BCUT2D eigenvalue weighted by molar-refractivity contribution is 0.0242. The van der Waals surface area contributed by atoms with Crippen LogP contribution in [0.5, 0.6) is 0 Å². The fraction of sp³-hybridized carbons (Fsp3) is 0.769. The van der Waals surface area contributed by atoms with Crippen molar-refractivity contribution < 1.29 is 14.6 Å². The monoisotopic (exact) mass is 254 g/mol. The Morgan fingerprint density at radius 1 is 1.39 bits per heavy atom. The number of aliphatic hydroxyl groups is 1. The van der Waals surface area contributed by atoms with Crippen LogP contribution in [0.4, 0.5) is 0 Å². The third-order valence-electron chi connectivity index (χ3n) is 3.50. The molecule has 5 heteroatoms. The Balaban J connectivity index is 1.93. The van der Waals surface area contributed by atoms with E-state index < -0.39 is 0 Å². The van der Waals surface area contributed by atoms with Crippen LogP contribution in [-0.2, 0) is 16.2 Å². The predicted octanol–water partition coefficient (Wildman–Crippen LogP) is 1.52. The van der Waals surface area contributed by atoms with E-state index in [9.17, 15) is 5.11 Å². The summed E-state index contributed by atoms with van der Waals surface area (Å²) in [7, 11) is 1.65. The summed E-state index contributed by atoms with van der Waals surface area (Å²) >= 11 is 0. The summed E-state index contributed by atoms with van der Waals surface area (Å²) in [6.45, 7) is 1.57. The van der Waals surface area contributed by atoms with Crippen LogP contribution in [0.15, 0.2) is 12.3 Å². The maximum Gasteiger partial charge on any atom is 0.139 e. The van der Waals surface area contributed by atoms with Crippen molar-refractivity contribution in [1.29, 1.82) is 0 Å². The van der Waals surface area contributed by atoms with Crippen LogP contribution in [0, 0.1) is 0 Å². The molecule has 0 aromatic carbocycles. The molecule has 1 N–H and O–H groups in total. The van der Waals surface area contributed by atoms with Gasteiger partial charge in [0.15, 0.2) is 0 Å². The van der Waals surface area contributed by atoms with Gasteiger partial charge in [-0.3, -0.25) is 0 Å². The first kappa shape index (κ1) is 13.5. The molecule has 2 rings (SSSR count). The van der Waals surface area contributed by atoms with Gasteiger partial charge in [-0.05, 0) is 18.9 Å². The molecule has 2 atom stereocenters. The summed E-state index contributed by atoms with van der Waals surface area (Å²) in [6.07, 6.45) is 5.75. The highest BCUT2D eigenvalue weighted by atomic mass is 16.5.